The third-order valence-electron chi connectivity index (χ3n) is 1.59. The SMILES string of the molecule is O=C(CBr)Cc1ccc(S)c(S)c1. The van der Waals surface area contributed by atoms with Gasteiger partial charge in [-0.1, -0.05) is 22.0 Å². The minimum atomic E-state index is 0.166. The zero-order chi connectivity index (χ0) is 9.84. The van der Waals surface area contributed by atoms with Crippen LogP contribution >= 0.6 is 41.2 Å². The summed E-state index contributed by atoms with van der Waals surface area (Å²) < 4.78 is 0. The van der Waals surface area contributed by atoms with Crippen molar-refractivity contribution in [2.45, 2.75) is 16.2 Å². The number of hydrogen-bond acceptors (Lipinski definition) is 3. The third-order valence-corrected chi connectivity index (χ3v) is 3.15. The van der Waals surface area contributed by atoms with Gasteiger partial charge in [0.2, 0.25) is 0 Å². The Morgan fingerprint density at radius 2 is 2.00 bits per heavy atom. The lowest BCUT2D eigenvalue weighted by molar-refractivity contribution is -0.115. The number of alkyl halides is 1. The van der Waals surface area contributed by atoms with Gasteiger partial charge in [0.05, 0.1) is 5.33 Å². The van der Waals surface area contributed by atoms with Crippen molar-refractivity contribution < 1.29 is 4.79 Å². The van der Waals surface area contributed by atoms with Crippen molar-refractivity contribution in [2.75, 3.05) is 5.33 Å². The molecule has 0 saturated heterocycles. The lowest BCUT2D eigenvalue weighted by Gasteiger charge is -2.02. The number of benzene rings is 1. The van der Waals surface area contributed by atoms with Crippen LogP contribution in [0.4, 0.5) is 0 Å². The second-order valence-electron chi connectivity index (χ2n) is 2.67. The maximum Gasteiger partial charge on any atom is 0.147 e. The van der Waals surface area contributed by atoms with Crippen LogP contribution in [0.1, 0.15) is 5.56 Å². The van der Waals surface area contributed by atoms with E-state index in [1.165, 1.54) is 0 Å². The second kappa shape index (κ2) is 5.08. The molecule has 1 aromatic rings. The third kappa shape index (κ3) is 3.37. The molecule has 0 saturated carbocycles. The molecule has 1 nitrogen and oxygen atoms in total. The fraction of sp³-hybridized carbons (Fsp3) is 0.222. The maximum absolute atomic E-state index is 11.1. The van der Waals surface area contributed by atoms with Gasteiger partial charge in [-0.25, -0.2) is 0 Å². The van der Waals surface area contributed by atoms with Gasteiger partial charge >= 0.3 is 0 Å². The van der Waals surface area contributed by atoms with E-state index in [1.54, 1.807) is 0 Å². The summed E-state index contributed by atoms with van der Waals surface area (Å²) in [6.07, 6.45) is 0.451. The Labute approximate surface area is 96.9 Å². The molecule has 0 fully saturated rings. The Morgan fingerprint density at radius 1 is 1.31 bits per heavy atom. The van der Waals surface area contributed by atoms with Crippen LogP contribution in [0.5, 0.6) is 0 Å². The van der Waals surface area contributed by atoms with Crippen LogP contribution < -0.4 is 0 Å². The predicted molar refractivity (Wildman–Crippen MR) is 63.5 cm³/mol. The molecule has 0 amide bonds. The first-order chi connectivity index (χ1) is 6.13. The van der Waals surface area contributed by atoms with Crippen molar-refractivity contribution in [1.82, 2.24) is 0 Å². The molecule has 0 N–H and O–H groups in total. The number of carbonyl (C=O) groups excluding carboxylic acids is 1. The van der Waals surface area contributed by atoms with E-state index < -0.39 is 0 Å². The zero-order valence-corrected chi connectivity index (χ0v) is 10.2. The van der Waals surface area contributed by atoms with Crippen molar-refractivity contribution in [3.8, 4) is 0 Å². The van der Waals surface area contributed by atoms with Crippen molar-refractivity contribution in [2.24, 2.45) is 0 Å². The first-order valence-corrected chi connectivity index (χ1v) is 5.73. The first kappa shape index (κ1) is 11.1. The standard InChI is InChI=1S/C9H9BrOS2/c10-5-7(11)3-6-1-2-8(12)9(13)4-6/h1-2,4,12-13H,3,5H2. The summed E-state index contributed by atoms with van der Waals surface area (Å²) in [6.45, 7) is 0. The second-order valence-corrected chi connectivity index (χ2v) is 4.20. The van der Waals surface area contributed by atoms with Crippen LogP contribution in [0.25, 0.3) is 0 Å². The Morgan fingerprint density at radius 3 is 2.54 bits per heavy atom. The smallest absolute Gasteiger partial charge is 0.147 e. The van der Waals surface area contributed by atoms with Gasteiger partial charge in [-0.2, -0.15) is 0 Å². The quantitative estimate of drug-likeness (QED) is 0.642. The molecule has 0 unspecified atom stereocenters. The summed E-state index contributed by atoms with van der Waals surface area (Å²) >= 11 is 11.5. The highest BCUT2D eigenvalue weighted by Crippen LogP contribution is 2.19. The van der Waals surface area contributed by atoms with Crippen molar-refractivity contribution in [3.05, 3.63) is 23.8 Å². The Balaban J connectivity index is 2.79. The van der Waals surface area contributed by atoms with E-state index in [2.05, 4.69) is 41.2 Å². The van der Waals surface area contributed by atoms with Gasteiger partial charge in [-0.05, 0) is 17.7 Å². The zero-order valence-electron chi connectivity index (χ0n) is 6.83. The van der Waals surface area contributed by atoms with E-state index in [4.69, 9.17) is 0 Å². The van der Waals surface area contributed by atoms with E-state index in [0.29, 0.717) is 11.8 Å². The van der Waals surface area contributed by atoms with E-state index in [1.807, 2.05) is 18.2 Å². The summed E-state index contributed by atoms with van der Waals surface area (Å²) in [5, 5.41) is 0.400. The molecular formula is C9H9BrOS2. The summed E-state index contributed by atoms with van der Waals surface area (Å²) in [4.78, 5) is 12.7. The summed E-state index contributed by atoms with van der Waals surface area (Å²) in [5.41, 5.74) is 0.979. The molecule has 70 valence electrons. The van der Waals surface area contributed by atoms with Crippen LogP contribution in [-0.2, 0) is 11.2 Å². The molecule has 0 aliphatic rings. The van der Waals surface area contributed by atoms with Crippen LogP contribution in [0.3, 0.4) is 0 Å². The minimum Gasteiger partial charge on any atom is -0.298 e. The van der Waals surface area contributed by atoms with E-state index in [-0.39, 0.29) is 5.78 Å². The molecule has 0 spiro atoms. The molecule has 1 rings (SSSR count). The Bertz CT molecular complexity index is 325. The van der Waals surface area contributed by atoms with Crippen LogP contribution in [0.2, 0.25) is 0 Å². The number of thiol groups is 2. The fourth-order valence-electron chi connectivity index (χ4n) is 0.954. The largest absolute Gasteiger partial charge is 0.298 e. The molecule has 0 heterocycles. The number of hydrogen-bond donors (Lipinski definition) is 2. The number of ketones is 1. The van der Waals surface area contributed by atoms with Gasteiger partial charge in [-0.3, -0.25) is 4.79 Å². The average Bonchev–Trinajstić information content (AvgIpc) is 2.11. The number of Topliss-reactive ketones (excluding diaryl/α,β-unsaturated/α-hetero) is 1. The molecular weight excluding hydrogens is 268 g/mol. The van der Waals surface area contributed by atoms with Crippen LogP contribution in [0, 0.1) is 0 Å². The molecule has 4 heteroatoms. The van der Waals surface area contributed by atoms with E-state index in [9.17, 15) is 4.79 Å². The normalized spacial score (nSPS) is 10.1. The molecule has 0 bridgehead atoms. The van der Waals surface area contributed by atoms with Gasteiger partial charge in [0, 0.05) is 16.2 Å². The van der Waals surface area contributed by atoms with Crippen molar-refractivity contribution in [1.29, 1.82) is 0 Å². The number of halogens is 1. The maximum atomic E-state index is 11.1. The number of carbonyl (C=O) groups is 1. The minimum absolute atomic E-state index is 0.166. The van der Waals surface area contributed by atoms with Gasteiger partial charge in [0.15, 0.2) is 0 Å². The first-order valence-electron chi connectivity index (χ1n) is 3.72. The number of rotatable bonds is 3. The van der Waals surface area contributed by atoms with E-state index >= 15 is 0 Å². The average molecular weight is 277 g/mol. The van der Waals surface area contributed by atoms with Gasteiger partial charge in [0.1, 0.15) is 5.78 Å². The molecule has 1 aromatic carbocycles. The van der Waals surface area contributed by atoms with Gasteiger partial charge < -0.3 is 0 Å². The van der Waals surface area contributed by atoms with Gasteiger partial charge in [-0.15, -0.1) is 25.3 Å². The van der Waals surface area contributed by atoms with Crippen molar-refractivity contribution >= 4 is 47.0 Å². The highest BCUT2D eigenvalue weighted by atomic mass is 79.9. The highest BCUT2D eigenvalue weighted by molar-refractivity contribution is 9.09. The molecule has 0 radical (unpaired) electrons. The van der Waals surface area contributed by atoms with Crippen LogP contribution in [-0.4, -0.2) is 11.1 Å². The Kier molecular flexibility index (Phi) is 4.35. The summed E-state index contributed by atoms with van der Waals surface area (Å²) in [5.74, 6) is 0.166. The topological polar surface area (TPSA) is 17.1 Å². The highest BCUT2D eigenvalue weighted by Gasteiger charge is 2.02. The monoisotopic (exact) mass is 276 g/mol. The predicted octanol–water partition coefficient (Wildman–Crippen LogP) is 2.77. The summed E-state index contributed by atoms with van der Waals surface area (Å²) in [6, 6.07) is 5.61. The van der Waals surface area contributed by atoms with Crippen molar-refractivity contribution in [3.63, 3.8) is 0 Å². The van der Waals surface area contributed by atoms with E-state index in [0.717, 1.165) is 15.4 Å². The molecule has 0 aliphatic carbocycles. The van der Waals surface area contributed by atoms with Crippen LogP contribution in [0.15, 0.2) is 28.0 Å². The summed E-state index contributed by atoms with van der Waals surface area (Å²) in [7, 11) is 0. The lowest BCUT2D eigenvalue weighted by Crippen LogP contribution is -2.03. The molecule has 0 aliphatic heterocycles. The molecule has 13 heavy (non-hydrogen) atoms. The van der Waals surface area contributed by atoms with Gasteiger partial charge in [0.25, 0.3) is 0 Å². The fourth-order valence-corrected chi connectivity index (χ4v) is 1.53. The molecule has 0 atom stereocenters. The molecule has 0 aromatic heterocycles. The Hall–Kier alpha value is 0.0700. The lowest BCUT2D eigenvalue weighted by atomic mass is 10.1.